The normalized spacial score (nSPS) is 14.2. The highest BCUT2D eigenvalue weighted by molar-refractivity contribution is 7.19. The van der Waals surface area contributed by atoms with Gasteiger partial charge in [-0.2, -0.15) is 0 Å². The summed E-state index contributed by atoms with van der Waals surface area (Å²) in [7, 11) is 0. The third-order valence-electron chi connectivity index (χ3n) is 3.36. The minimum Gasteiger partial charge on any atom is -0.486 e. The van der Waals surface area contributed by atoms with Crippen LogP contribution in [0.4, 0.5) is 5.69 Å². The molecule has 1 aromatic carbocycles. The molecule has 2 aromatic heterocycles. The lowest BCUT2D eigenvalue weighted by Gasteiger charge is -2.18. The molecule has 4 nitrogen and oxygen atoms in total. The molecule has 1 aliphatic rings. The molecule has 96 valence electrons. The van der Waals surface area contributed by atoms with E-state index in [2.05, 4.69) is 11.1 Å². The molecule has 0 unspecified atom stereocenters. The van der Waals surface area contributed by atoms with Crippen molar-refractivity contribution in [3.63, 3.8) is 0 Å². The van der Waals surface area contributed by atoms with Crippen molar-refractivity contribution in [2.24, 2.45) is 0 Å². The minimum absolute atomic E-state index is 0.589. The maximum Gasteiger partial charge on any atom is 0.163 e. The van der Waals surface area contributed by atoms with Crippen molar-refractivity contribution in [3.05, 3.63) is 23.1 Å². The molecule has 2 N–H and O–H groups in total. The lowest BCUT2D eigenvalue weighted by Crippen LogP contribution is -2.15. The van der Waals surface area contributed by atoms with Crippen LogP contribution in [0.15, 0.2) is 18.2 Å². The summed E-state index contributed by atoms with van der Waals surface area (Å²) in [5.74, 6) is 1.55. The Kier molecular flexibility index (Phi) is 2.14. The highest BCUT2D eigenvalue weighted by Gasteiger charge is 2.15. The van der Waals surface area contributed by atoms with Crippen molar-refractivity contribution in [1.29, 1.82) is 0 Å². The third kappa shape index (κ3) is 1.55. The number of aryl methyl sites for hydroxylation is 1. The van der Waals surface area contributed by atoms with Crippen LogP contribution in [0.5, 0.6) is 11.5 Å². The van der Waals surface area contributed by atoms with Gasteiger partial charge in [0.15, 0.2) is 11.5 Å². The van der Waals surface area contributed by atoms with Crippen molar-refractivity contribution in [2.45, 2.75) is 6.92 Å². The van der Waals surface area contributed by atoms with E-state index in [9.17, 15) is 0 Å². The maximum atomic E-state index is 6.08. The van der Waals surface area contributed by atoms with E-state index < -0.39 is 0 Å². The number of hydrogen-bond donors (Lipinski definition) is 1. The van der Waals surface area contributed by atoms with E-state index in [-0.39, 0.29) is 0 Å². The van der Waals surface area contributed by atoms with Crippen LogP contribution in [0.25, 0.3) is 21.1 Å². The SMILES string of the molecule is Cc1sc2nc3cc4c(cc3cc2c1N)OCCO4. The monoisotopic (exact) mass is 272 g/mol. The zero-order chi connectivity index (χ0) is 13.0. The molecule has 3 aromatic rings. The molecule has 0 atom stereocenters. The fourth-order valence-electron chi connectivity index (χ4n) is 2.35. The van der Waals surface area contributed by atoms with Gasteiger partial charge in [0.1, 0.15) is 18.0 Å². The summed E-state index contributed by atoms with van der Waals surface area (Å²) >= 11 is 1.62. The Balaban J connectivity index is 2.06. The van der Waals surface area contributed by atoms with E-state index in [0.717, 1.165) is 43.2 Å². The molecule has 0 aliphatic carbocycles. The second-order valence-corrected chi connectivity index (χ2v) is 5.80. The van der Waals surface area contributed by atoms with E-state index in [1.54, 1.807) is 11.3 Å². The number of ether oxygens (including phenoxy) is 2. The second-order valence-electron chi connectivity index (χ2n) is 4.60. The lowest BCUT2D eigenvalue weighted by atomic mass is 10.1. The van der Waals surface area contributed by atoms with Gasteiger partial charge in [-0.25, -0.2) is 4.98 Å². The zero-order valence-electron chi connectivity index (χ0n) is 10.4. The number of anilines is 1. The summed E-state index contributed by atoms with van der Waals surface area (Å²) in [6, 6.07) is 5.99. The summed E-state index contributed by atoms with van der Waals surface area (Å²) in [6.45, 7) is 3.20. The van der Waals surface area contributed by atoms with Crippen LogP contribution in [0.3, 0.4) is 0 Å². The highest BCUT2D eigenvalue weighted by atomic mass is 32.1. The average Bonchev–Trinajstić information content (AvgIpc) is 2.69. The quantitative estimate of drug-likeness (QED) is 0.683. The fourth-order valence-corrected chi connectivity index (χ4v) is 3.29. The van der Waals surface area contributed by atoms with E-state index >= 15 is 0 Å². The summed E-state index contributed by atoms with van der Waals surface area (Å²) in [5, 5.41) is 2.05. The van der Waals surface area contributed by atoms with Gasteiger partial charge in [0, 0.05) is 21.7 Å². The average molecular weight is 272 g/mol. The molecule has 0 saturated carbocycles. The molecular weight excluding hydrogens is 260 g/mol. The zero-order valence-corrected chi connectivity index (χ0v) is 11.2. The summed E-state index contributed by atoms with van der Waals surface area (Å²) in [4.78, 5) is 6.75. The van der Waals surface area contributed by atoms with E-state index in [1.165, 1.54) is 0 Å². The Bertz CT molecular complexity index is 810. The molecule has 1 aliphatic heterocycles. The first kappa shape index (κ1) is 10.9. The Labute approximate surface area is 113 Å². The molecule has 0 fully saturated rings. The van der Waals surface area contributed by atoms with Gasteiger partial charge in [-0.3, -0.25) is 0 Å². The number of fused-ring (bicyclic) bond motifs is 3. The predicted octanol–water partition coefficient (Wildman–Crippen LogP) is 3.11. The number of hydrogen-bond acceptors (Lipinski definition) is 5. The first-order valence-corrected chi connectivity index (χ1v) is 6.93. The first-order chi connectivity index (χ1) is 9.22. The molecule has 3 heterocycles. The number of pyridine rings is 1. The molecule has 0 saturated heterocycles. The van der Waals surface area contributed by atoms with Crippen LogP contribution >= 0.6 is 11.3 Å². The molecule has 5 heteroatoms. The van der Waals surface area contributed by atoms with Crippen molar-refractivity contribution >= 4 is 38.1 Å². The van der Waals surface area contributed by atoms with Crippen LogP contribution in [0.2, 0.25) is 0 Å². The van der Waals surface area contributed by atoms with Crippen LogP contribution in [0.1, 0.15) is 4.88 Å². The van der Waals surface area contributed by atoms with E-state index in [1.807, 2.05) is 19.1 Å². The number of thiophene rings is 1. The van der Waals surface area contributed by atoms with Crippen molar-refractivity contribution in [2.75, 3.05) is 18.9 Å². The Morgan fingerprint density at radius 1 is 1.16 bits per heavy atom. The van der Waals surface area contributed by atoms with Gasteiger partial charge in [-0.15, -0.1) is 11.3 Å². The topological polar surface area (TPSA) is 57.4 Å². The van der Waals surface area contributed by atoms with Crippen LogP contribution in [-0.4, -0.2) is 18.2 Å². The molecule has 0 radical (unpaired) electrons. The summed E-state index contributed by atoms with van der Waals surface area (Å²) < 4.78 is 11.2. The molecule has 19 heavy (non-hydrogen) atoms. The predicted molar refractivity (Wildman–Crippen MR) is 77.3 cm³/mol. The number of nitrogens with zero attached hydrogens (tertiary/aromatic N) is 1. The molecule has 0 amide bonds. The summed E-state index contributed by atoms with van der Waals surface area (Å²) in [6.07, 6.45) is 0. The van der Waals surface area contributed by atoms with Gasteiger partial charge in [0.25, 0.3) is 0 Å². The Hall–Kier alpha value is -2.01. The van der Waals surface area contributed by atoms with Gasteiger partial charge in [0.05, 0.1) is 11.2 Å². The van der Waals surface area contributed by atoms with E-state index in [4.69, 9.17) is 15.2 Å². The molecular formula is C14H12N2O2S. The lowest BCUT2D eigenvalue weighted by molar-refractivity contribution is 0.172. The molecule has 4 rings (SSSR count). The summed E-state index contributed by atoms with van der Waals surface area (Å²) in [5.41, 5.74) is 7.82. The van der Waals surface area contributed by atoms with Crippen molar-refractivity contribution in [3.8, 4) is 11.5 Å². The molecule has 0 bridgehead atoms. The largest absolute Gasteiger partial charge is 0.486 e. The van der Waals surface area contributed by atoms with Gasteiger partial charge in [-0.1, -0.05) is 0 Å². The second kappa shape index (κ2) is 3.74. The number of nitrogens with two attached hydrogens (primary N) is 1. The van der Waals surface area contributed by atoms with Crippen molar-refractivity contribution in [1.82, 2.24) is 4.98 Å². The smallest absolute Gasteiger partial charge is 0.163 e. The van der Waals surface area contributed by atoms with Gasteiger partial charge in [-0.05, 0) is 19.1 Å². The third-order valence-corrected chi connectivity index (χ3v) is 4.39. The van der Waals surface area contributed by atoms with Gasteiger partial charge in [0.2, 0.25) is 0 Å². The minimum atomic E-state index is 0.589. The van der Waals surface area contributed by atoms with Crippen LogP contribution in [-0.2, 0) is 0 Å². The number of nitrogen functional groups attached to an aromatic ring is 1. The Morgan fingerprint density at radius 2 is 1.89 bits per heavy atom. The van der Waals surface area contributed by atoms with Gasteiger partial charge >= 0.3 is 0 Å². The highest BCUT2D eigenvalue weighted by Crippen LogP contribution is 2.38. The number of aromatic nitrogens is 1. The molecule has 0 spiro atoms. The van der Waals surface area contributed by atoms with Crippen LogP contribution in [0, 0.1) is 6.92 Å². The number of rotatable bonds is 0. The maximum absolute atomic E-state index is 6.08. The number of benzene rings is 1. The standard InChI is InChI=1S/C14H12N2O2S/c1-7-13(15)9-4-8-5-11-12(18-3-2-17-11)6-10(8)16-14(9)19-7/h4-6H,2-3,15H2,1H3. The van der Waals surface area contributed by atoms with Gasteiger partial charge < -0.3 is 15.2 Å². The van der Waals surface area contributed by atoms with Crippen molar-refractivity contribution < 1.29 is 9.47 Å². The van der Waals surface area contributed by atoms with Crippen LogP contribution < -0.4 is 15.2 Å². The Morgan fingerprint density at radius 3 is 2.68 bits per heavy atom. The van der Waals surface area contributed by atoms with E-state index in [0.29, 0.717) is 13.2 Å². The fraction of sp³-hybridized carbons (Fsp3) is 0.214. The first-order valence-electron chi connectivity index (χ1n) is 6.11.